The van der Waals surface area contributed by atoms with Crippen LogP contribution in [0.15, 0.2) is 61.7 Å². The Morgan fingerprint density at radius 1 is 1.24 bits per heavy atom. The number of aryl methyl sites for hydroxylation is 1. The summed E-state index contributed by atoms with van der Waals surface area (Å²) in [4.78, 5) is 18.2. The molecule has 1 fully saturated rings. The van der Waals surface area contributed by atoms with E-state index < -0.39 is 21.2 Å². The molecule has 2 heterocycles. The Bertz CT molecular complexity index is 1530. The van der Waals surface area contributed by atoms with E-state index in [2.05, 4.69) is 39.8 Å². The molecule has 8 nitrogen and oxygen atoms in total. The van der Waals surface area contributed by atoms with Crippen molar-refractivity contribution in [3.63, 3.8) is 0 Å². The topological polar surface area (TPSA) is 88.2 Å². The Kier molecular flexibility index (Phi) is 10.3. The SMILES string of the molecule is C=CC[C@H](C)[C@@H](C)S(=O)(=O)NC(=O)c1ccc2c(c1)N(C[C@@H]1CCN1[C@@H](C=C)COC)C[C@@]1(CCCc3cc(Cl)ccc31)CO2. The second-order valence-corrected chi connectivity index (χ2v) is 15.4. The molecule has 3 aliphatic rings. The van der Waals surface area contributed by atoms with Crippen molar-refractivity contribution in [3.05, 3.63) is 83.4 Å². The number of nitrogens with zero attached hydrogens (tertiary/aromatic N) is 2. The van der Waals surface area contributed by atoms with Gasteiger partial charge in [0.2, 0.25) is 10.0 Å². The van der Waals surface area contributed by atoms with Crippen LogP contribution >= 0.6 is 11.6 Å². The van der Waals surface area contributed by atoms with Gasteiger partial charge in [-0.15, -0.1) is 13.2 Å². The van der Waals surface area contributed by atoms with E-state index in [4.69, 9.17) is 21.1 Å². The van der Waals surface area contributed by atoms with E-state index in [-0.39, 0.29) is 29.0 Å². The van der Waals surface area contributed by atoms with Gasteiger partial charge in [-0.2, -0.15) is 0 Å². The number of fused-ring (bicyclic) bond motifs is 3. The average Bonchev–Trinajstić information content (AvgIpc) is 3.15. The van der Waals surface area contributed by atoms with Gasteiger partial charge in [-0.25, -0.2) is 13.1 Å². The van der Waals surface area contributed by atoms with E-state index in [1.54, 1.807) is 38.3 Å². The summed E-state index contributed by atoms with van der Waals surface area (Å²) in [6, 6.07) is 11.8. The van der Waals surface area contributed by atoms with E-state index in [0.29, 0.717) is 38.5 Å². The highest BCUT2D eigenvalue weighted by molar-refractivity contribution is 7.90. The van der Waals surface area contributed by atoms with Crippen LogP contribution in [0.1, 0.15) is 61.0 Å². The molecule has 5 atom stereocenters. The van der Waals surface area contributed by atoms with Crippen LogP contribution in [0.2, 0.25) is 5.02 Å². The second-order valence-electron chi connectivity index (χ2n) is 12.9. The Balaban J connectivity index is 1.49. The molecule has 1 spiro atoms. The molecule has 0 saturated carbocycles. The molecule has 1 saturated heterocycles. The van der Waals surface area contributed by atoms with Gasteiger partial charge in [0.15, 0.2) is 0 Å². The Labute approximate surface area is 273 Å². The predicted molar refractivity (Wildman–Crippen MR) is 181 cm³/mol. The van der Waals surface area contributed by atoms with Gasteiger partial charge in [0.1, 0.15) is 5.75 Å². The number of hydrogen-bond donors (Lipinski definition) is 1. The minimum absolute atomic E-state index is 0.107. The number of ether oxygens (including phenoxy) is 2. The summed E-state index contributed by atoms with van der Waals surface area (Å²) in [6.45, 7) is 14.7. The largest absolute Gasteiger partial charge is 0.490 e. The summed E-state index contributed by atoms with van der Waals surface area (Å²) >= 11 is 6.41. The van der Waals surface area contributed by atoms with E-state index in [1.807, 2.05) is 19.1 Å². The van der Waals surface area contributed by atoms with Gasteiger partial charge in [-0.05, 0) is 86.4 Å². The Hall–Kier alpha value is -2.85. The van der Waals surface area contributed by atoms with Crippen molar-refractivity contribution < 1.29 is 22.7 Å². The molecule has 1 N–H and O–H groups in total. The lowest BCUT2D eigenvalue weighted by Gasteiger charge is -2.48. The molecule has 0 aromatic heterocycles. The van der Waals surface area contributed by atoms with Crippen LogP contribution in [0.4, 0.5) is 5.69 Å². The van der Waals surface area contributed by atoms with Gasteiger partial charge in [0, 0.05) is 48.8 Å². The normalized spacial score (nSPS) is 23.4. The number of methoxy groups -OCH3 is 1. The van der Waals surface area contributed by atoms with Crippen LogP contribution in [-0.2, 0) is 26.6 Å². The summed E-state index contributed by atoms with van der Waals surface area (Å²) in [5, 5.41) is -0.0210. The number of carbonyl (C=O) groups excluding carboxylic acids is 1. The van der Waals surface area contributed by atoms with Crippen molar-refractivity contribution in [2.24, 2.45) is 5.92 Å². The number of amides is 1. The van der Waals surface area contributed by atoms with Gasteiger partial charge in [0.05, 0.1) is 30.2 Å². The number of rotatable bonds is 12. The monoisotopic (exact) mass is 655 g/mol. The molecular formula is C35H46ClN3O5S. The predicted octanol–water partition coefficient (Wildman–Crippen LogP) is 5.75. The van der Waals surface area contributed by atoms with E-state index in [1.165, 1.54) is 11.1 Å². The summed E-state index contributed by atoms with van der Waals surface area (Å²) in [5.41, 5.74) is 3.32. The molecule has 1 aliphatic carbocycles. The maximum atomic E-state index is 13.4. The van der Waals surface area contributed by atoms with Gasteiger partial charge in [-0.1, -0.05) is 36.7 Å². The summed E-state index contributed by atoms with van der Waals surface area (Å²) < 4.78 is 40.6. The highest BCUT2D eigenvalue weighted by Crippen LogP contribution is 2.45. The van der Waals surface area contributed by atoms with Crippen molar-refractivity contribution in [1.29, 1.82) is 0 Å². The van der Waals surface area contributed by atoms with Gasteiger partial charge in [-0.3, -0.25) is 9.69 Å². The minimum Gasteiger partial charge on any atom is -0.490 e. The molecule has 10 heteroatoms. The first-order valence-corrected chi connectivity index (χ1v) is 17.8. The van der Waals surface area contributed by atoms with E-state index in [9.17, 15) is 13.2 Å². The molecule has 2 aromatic carbocycles. The first-order valence-electron chi connectivity index (χ1n) is 15.9. The molecule has 1 amide bonds. The number of halogens is 1. The van der Waals surface area contributed by atoms with Gasteiger partial charge in [0.25, 0.3) is 5.91 Å². The minimum atomic E-state index is -3.90. The highest BCUT2D eigenvalue weighted by atomic mass is 35.5. The standard InChI is InChI=1S/C35H46ClN3O5S/c1-6-9-24(3)25(4)45(41,42)37-34(40)27-11-14-33-32(19-27)38(20-30-15-17-39(30)29(7-2)21-43-5)22-35(23-44-33)16-8-10-26-18-28(36)12-13-31(26)35/h6-7,11-14,18-19,24-25,29-30H,1-2,8-10,15-17,20-23H2,3-5H3,(H,37,40)/t24-,25+,29-,30-,35-/m0/s1. The lowest BCUT2D eigenvalue weighted by atomic mass is 9.70. The molecule has 0 unspecified atom stereocenters. The summed E-state index contributed by atoms with van der Waals surface area (Å²) in [6.07, 6.45) is 8.16. The average molecular weight is 656 g/mol. The molecule has 2 aromatic rings. The highest BCUT2D eigenvalue weighted by Gasteiger charge is 2.43. The molecule has 2 aliphatic heterocycles. The lowest BCUT2D eigenvalue weighted by Crippen LogP contribution is -2.59. The Morgan fingerprint density at radius 2 is 2.04 bits per heavy atom. The van der Waals surface area contributed by atoms with Crippen molar-refractivity contribution in [3.8, 4) is 5.75 Å². The van der Waals surface area contributed by atoms with Crippen molar-refractivity contribution in [2.75, 3.05) is 44.9 Å². The number of likely N-dealkylation sites (tertiary alicyclic amines) is 1. The van der Waals surface area contributed by atoms with Crippen LogP contribution in [0.25, 0.3) is 0 Å². The van der Waals surface area contributed by atoms with Crippen molar-refractivity contribution in [2.45, 2.75) is 68.7 Å². The third-order valence-corrected chi connectivity index (χ3v) is 12.2. The van der Waals surface area contributed by atoms with Crippen LogP contribution in [0.5, 0.6) is 5.75 Å². The fourth-order valence-electron chi connectivity index (χ4n) is 7.11. The van der Waals surface area contributed by atoms with Crippen LogP contribution < -0.4 is 14.4 Å². The lowest BCUT2D eigenvalue weighted by molar-refractivity contribution is 0.0255. The zero-order valence-electron chi connectivity index (χ0n) is 26.6. The number of benzene rings is 2. The number of sulfonamides is 1. The zero-order valence-corrected chi connectivity index (χ0v) is 28.2. The molecular weight excluding hydrogens is 610 g/mol. The second kappa shape index (κ2) is 13.9. The first kappa shape index (κ1) is 33.5. The number of hydrogen-bond acceptors (Lipinski definition) is 7. The van der Waals surface area contributed by atoms with Crippen LogP contribution in [-0.4, -0.2) is 76.5 Å². The van der Waals surface area contributed by atoms with E-state index >= 15 is 0 Å². The van der Waals surface area contributed by atoms with E-state index in [0.717, 1.165) is 42.9 Å². The summed E-state index contributed by atoms with van der Waals surface area (Å²) in [7, 11) is -2.19. The Morgan fingerprint density at radius 3 is 2.73 bits per heavy atom. The summed E-state index contributed by atoms with van der Waals surface area (Å²) in [5.74, 6) is -0.149. The van der Waals surface area contributed by atoms with Gasteiger partial charge < -0.3 is 14.4 Å². The van der Waals surface area contributed by atoms with Crippen molar-refractivity contribution >= 4 is 33.2 Å². The number of carbonyl (C=O) groups is 1. The third-order valence-electron chi connectivity index (χ3n) is 10.0. The molecule has 0 radical (unpaired) electrons. The number of anilines is 1. The maximum Gasteiger partial charge on any atom is 0.264 e. The first-order chi connectivity index (χ1) is 21.5. The van der Waals surface area contributed by atoms with Crippen LogP contribution in [0, 0.1) is 5.92 Å². The quantitative estimate of drug-likeness (QED) is 0.292. The third kappa shape index (κ3) is 6.97. The zero-order chi connectivity index (χ0) is 32.4. The molecule has 5 rings (SSSR count). The molecule has 45 heavy (non-hydrogen) atoms. The maximum absolute atomic E-state index is 13.4. The van der Waals surface area contributed by atoms with Gasteiger partial charge >= 0.3 is 0 Å². The number of allylic oxidation sites excluding steroid dienone is 1. The van der Waals surface area contributed by atoms with Crippen molar-refractivity contribution in [1.82, 2.24) is 9.62 Å². The molecule has 0 bridgehead atoms. The fraction of sp³-hybridized carbons (Fsp3) is 0.514. The smallest absolute Gasteiger partial charge is 0.264 e. The van der Waals surface area contributed by atoms with Crippen LogP contribution in [0.3, 0.4) is 0 Å². The fourth-order valence-corrected chi connectivity index (χ4v) is 8.59. The molecule has 244 valence electrons. The number of nitrogens with one attached hydrogen (secondary N) is 1.